The average Bonchev–Trinajstić information content (AvgIpc) is 2.31. The van der Waals surface area contributed by atoms with E-state index in [1.807, 2.05) is 31.3 Å². The zero-order valence-corrected chi connectivity index (χ0v) is 9.69. The van der Waals surface area contributed by atoms with Crippen LogP contribution in [-0.2, 0) is 0 Å². The molecule has 5 heteroatoms. The van der Waals surface area contributed by atoms with Crippen molar-refractivity contribution in [3.05, 3.63) is 42.6 Å². The van der Waals surface area contributed by atoms with Crippen LogP contribution in [0.4, 0.5) is 0 Å². The van der Waals surface area contributed by atoms with Crippen LogP contribution in [0, 0.1) is 0 Å². The van der Waals surface area contributed by atoms with Gasteiger partial charge in [-0.3, -0.25) is 4.98 Å². The second-order valence-corrected chi connectivity index (χ2v) is 4.45. The summed E-state index contributed by atoms with van der Waals surface area (Å²) < 4.78 is 0. The molecular formula is C11H12N4S. The van der Waals surface area contributed by atoms with Gasteiger partial charge in [0, 0.05) is 23.3 Å². The van der Waals surface area contributed by atoms with Crippen LogP contribution >= 0.6 is 11.8 Å². The summed E-state index contributed by atoms with van der Waals surface area (Å²) in [6.45, 7) is 1.92. The molecule has 0 aliphatic rings. The molecule has 0 fully saturated rings. The highest BCUT2D eigenvalue weighted by Crippen LogP contribution is 2.24. The molecule has 0 unspecified atom stereocenters. The van der Waals surface area contributed by atoms with Crippen molar-refractivity contribution in [2.75, 3.05) is 0 Å². The van der Waals surface area contributed by atoms with E-state index in [1.165, 1.54) is 6.33 Å². The fourth-order valence-corrected chi connectivity index (χ4v) is 1.89. The van der Waals surface area contributed by atoms with Gasteiger partial charge < -0.3 is 5.73 Å². The maximum absolute atomic E-state index is 5.73. The first-order valence-corrected chi connectivity index (χ1v) is 5.73. The van der Waals surface area contributed by atoms with Gasteiger partial charge in [0.05, 0.1) is 5.69 Å². The van der Waals surface area contributed by atoms with Gasteiger partial charge in [-0.25, -0.2) is 9.97 Å². The number of rotatable bonds is 3. The normalized spacial score (nSPS) is 12.4. The van der Waals surface area contributed by atoms with Crippen LogP contribution in [0.15, 0.2) is 46.8 Å². The number of hydrogen-bond donors (Lipinski definition) is 1. The van der Waals surface area contributed by atoms with Crippen LogP contribution in [0.5, 0.6) is 0 Å². The van der Waals surface area contributed by atoms with Crippen molar-refractivity contribution in [1.82, 2.24) is 15.0 Å². The van der Waals surface area contributed by atoms with Gasteiger partial charge in [-0.2, -0.15) is 0 Å². The smallest absolute Gasteiger partial charge is 0.116 e. The lowest BCUT2D eigenvalue weighted by Gasteiger charge is -2.05. The van der Waals surface area contributed by atoms with E-state index in [0.29, 0.717) is 0 Å². The Morgan fingerprint density at radius 1 is 1.25 bits per heavy atom. The summed E-state index contributed by atoms with van der Waals surface area (Å²) in [6.07, 6.45) is 5.07. The Labute approximate surface area is 98.3 Å². The molecule has 2 aromatic rings. The van der Waals surface area contributed by atoms with Crippen molar-refractivity contribution in [2.24, 2.45) is 5.73 Å². The van der Waals surface area contributed by atoms with Crippen molar-refractivity contribution in [3.63, 3.8) is 0 Å². The molecular weight excluding hydrogens is 220 g/mol. The van der Waals surface area contributed by atoms with E-state index in [0.717, 1.165) is 15.6 Å². The molecule has 0 amide bonds. The van der Waals surface area contributed by atoms with Crippen molar-refractivity contribution in [2.45, 2.75) is 22.9 Å². The number of nitrogens with zero attached hydrogens (tertiary/aromatic N) is 3. The Morgan fingerprint density at radius 3 is 2.69 bits per heavy atom. The molecule has 2 N–H and O–H groups in total. The second-order valence-electron chi connectivity index (χ2n) is 3.36. The van der Waals surface area contributed by atoms with Crippen LogP contribution in [0.25, 0.3) is 0 Å². The molecule has 0 saturated carbocycles. The fourth-order valence-electron chi connectivity index (χ4n) is 1.18. The lowest BCUT2D eigenvalue weighted by Crippen LogP contribution is -2.06. The maximum Gasteiger partial charge on any atom is 0.116 e. The van der Waals surface area contributed by atoms with E-state index >= 15 is 0 Å². The molecule has 0 aliphatic heterocycles. The molecule has 0 spiro atoms. The van der Waals surface area contributed by atoms with Gasteiger partial charge in [-0.15, -0.1) is 0 Å². The van der Waals surface area contributed by atoms with Crippen LogP contribution < -0.4 is 5.73 Å². The van der Waals surface area contributed by atoms with Gasteiger partial charge in [0.25, 0.3) is 0 Å². The largest absolute Gasteiger partial charge is 0.323 e. The number of pyridine rings is 1. The van der Waals surface area contributed by atoms with Gasteiger partial charge in [-0.1, -0.05) is 11.8 Å². The average molecular weight is 232 g/mol. The molecule has 2 heterocycles. The molecule has 0 bridgehead atoms. The van der Waals surface area contributed by atoms with E-state index in [2.05, 4.69) is 15.0 Å². The third-order valence-corrected chi connectivity index (χ3v) is 2.93. The number of nitrogens with two attached hydrogens (primary N) is 1. The van der Waals surface area contributed by atoms with E-state index < -0.39 is 0 Å². The zero-order chi connectivity index (χ0) is 11.4. The lowest BCUT2D eigenvalue weighted by molar-refractivity contribution is 0.777. The number of aromatic nitrogens is 3. The third-order valence-electron chi connectivity index (χ3n) is 2.00. The highest BCUT2D eigenvalue weighted by Gasteiger charge is 2.02. The first-order chi connectivity index (χ1) is 7.75. The molecule has 0 radical (unpaired) electrons. The highest BCUT2D eigenvalue weighted by molar-refractivity contribution is 7.99. The summed E-state index contributed by atoms with van der Waals surface area (Å²) in [6, 6.07) is 5.77. The number of hydrogen-bond acceptors (Lipinski definition) is 5. The van der Waals surface area contributed by atoms with Gasteiger partial charge in [0.1, 0.15) is 11.4 Å². The molecule has 2 rings (SSSR count). The molecule has 82 valence electrons. The topological polar surface area (TPSA) is 64.7 Å². The molecule has 0 aliphatic carbocycles. The quantitative estimate of drug-likeness (QED) is 0.820. The van der Waals surface area contributed by atoms with Gasteiger partial charge in [-0.05, 0) is 25.1 Å². The standard InChI is InChI=1S/C11H12N4S/c1-8(12)10-3-2-9(6-14-10)16-11-4-5-13-7-15-11/h2-8H,12H2,1H3/t8-/m0/s1. The Bertz CT molecular complexity index is 441. The summed E-state index contributed by atoms with van der Waals surface area (Å²) >= 11 is 1.55. The minimum atomic E-state index is -0.0295. The van der Waals surface area contributed by atoms with Crippen LogP contribution in [0.3, 0.4) is 0 Å². The maximum atomic E-state index is 5.73. The van der Waals surface area contributed by atoms with Crippen molar-refractivity contribution >= 4 is 11.8 Å². The Balaban J connectivity index is 2.11. The molecule has 4 nitrogen and oxygen atoms in total. The Kier molecular flexibility index (Phi) is 3.48. The van der Waals surface area contributed by atoms with E-state index in [9.17, 15) is 0 Å². The monoisotopic (exact) mass is 232 g/mol. The zero-order valence-electron chi connectivity index (χ0n) is 8.87. The molecule has 16 heavy (non-hydrogen) atoms. The predicted octanol–water partition coefficient (Wildman–Crippen LogP) is 2.04. The SMILES string of the molecule is C[C@H](N)c1ccc(Sc2ccncn2)cn1. The molecule has 1 atom stereocenters. The van der Waals surface area contributed by atoms with Crippen LogP contribution in [-0.4, -0.2) is 15.0 Å². The Hall–Kier alpha value is -1.46. The van der Waals surface area contributed by atoms with Gasteiger partial charge in [0.15, 0.2) is 0 Å². The highest BCUT2D eigenvalue weighted by atomic mass is 32.2. The van der Waals surface area contributed by atoms with E-state index in [-0.39, 0.29) is 6.04 Å². The van der Waals surface area contributed by atoms with E-state index in [1.54, 1.807) is 18.0 Å². The first-order valence-electron chi connectivity index (χ1n) is 4.91. The van der Waals surface area contributed by atoms with Crippen molar-refractivity contribution < 1.29 is 0 Å². The lowest BCUT2D eigenvalue weighted by atomic mass is 10.2. The van der Waals surface area contributed by atoms with Gasteiger partial charge >= 0.3 is 0 Å². The summed E-state index contributed by atoms with van der Waals surface area (Å²) in [5.74, 6) is 0. The van der Waals surface area contributed by atoms with Crippen molar-refractivity contribution in [3.8, 4) is 0 Å². The van der Waals surface area contributed by atoms with Crippen LogP contribution in [0.1, 0.15) is 18.7 Å². The summed E-state index contributed by atoms with van der Waals surface area (Å²) in [5.41, 5.74) is 6.62. The minimum Gasteiger partial charge on any atom is -0.323 e. The molecule has 0 aromatic carbocycles. The van der Waals surface area contributed by atoms with Crippen LogP contribution in [0.2, 0.25) is 0 Å². The van der Waals surface area contributed by atoms with Crippen molar-refractivity contribution in [1.29, 1.82) is 0 Å². The molecule has 2 aromatic heterocycles. The minimum absolute atomic E-state index is 0.0295. The predicted molar refractivity (Wildman–Crippen MR) is 63.0 cm³/mol. The van der Waals surface area contributed by atoms with E-state index in [4.69, 9.17) is 5.73 Å². The summed E-state index contributed by atoms with van der Waals surface area (Å²) in [7, 11) is 0. The summed E-state index contributed by atoms with van der Waals surface area (Å²) in [4.78, 5) is 13.3. The fraction of sp³-hybridized carbons (Fsp3) is 0.182. The molecule has 0 saturated heterocycles. The Morgan fingerprint density at radius 2 is 2.12 bits per heavy atom. The summed E-state index contributed by atoms with van der Waals surface area (Å²) in [5, 5.41) is 0.908. The second kappa shape index (κ2) is 5.05. The third kappa shape index (κ3) is 2.77. The van der Waals surface area contributed by atoms with Gasteiger partial charge in [0.2, 0.25) is 0 Å². The first kappa shape index (κ1) is 11.0.